The van der Waals surface area contributed by atoms with Crippen LogP contribution in [0.15, 0.2) is 97.1 Å². The van der Waals surface area contributed by atoms with Crippen LogP contribution in [0.2, 0.25) is 10.0 Å². The number of hydrogen-bond acceptors (Lipinski definition) is 0. The Bertz CT molecular complexity index is 1660. The monoisotopic (exact) mass is 788 g/mol. The van der Waals surface area contributed by atoms with E-state index in [9.17, 15) is 0 Å². The Labute approximate surface area is 326 Å². The fraction of sp³-hybridized carbons (Fsp3) is 0.233. The fourth-order valence-corrected chi connectivity index (χ4v) is 6.63. The molecule has 48 heavy (non-hydrogen) atoms. The molecule has 0 radical (unpaired) electrons. The van der Waals surface area contributed by atoms with Gasteiger partial charge in [-0.1, -0.05) is 68.3 Å². The van der Waals surface area contributed by atoms with Crippen LogP contribution < -0.4 is 0 Å². The van der Waals surface area contributed by atoms with E-state index in [4.69, 9.17) is 23.2 Å². The Morgan fingerprint density at radius 1 is 0.750 bits per heavy atom. The Hall–Kier alpha value is -2.25. The van der Waals surface area contributed by atoms with Crippen molar-refractivity contribution in [3.8, 4) is 11.1 Å². The van der Waals surface area contributed by atoms with Crippen LogP contribution in [0.3, 0.4) is 0 Å². The van der Waals surface area contributed by atoms with Crippen molar-refractivity contribution in [1.82, 2.24) is 0 Å². The zero-order valence-corrected chi connectivity index (χ0v) is 34.0. The van der Waals surface area contributed by atoms with Crippen molar-refractivity contribution < 1.29 is 24.2 Å². The zero-order chi connectivity index (χ0) is 33.5. The summed E-state index contributed by atoms with van der Waals surface area (Å²) < 4.78 is 3.34. The van der Waals surface area contributed by atoms with Gasteiger partial charge >= 0.3 is 28.4 Å². The molecule has 0 unspecified atom stereocenters. The number of allylic oxidation sites excluding steroid dienone is 8. The van der Waals surface area contributed by atoms with E-state index in [-0.39, 0.29) is 35.6 Å². The third kappa shape index (κ3) is 10.2. The summed E-state index contributed by atoms with van der Waals surface area (Å²) in [6.45, 7) is 13.7. The molecule has 5 heteroatoms. The summed E-state index contributed by atoms with van der Waals surface area (Å²) >= 11 is 12.3. The summed E-state index contributed by atoms with van der Waals surface area (Å²) in [6, 6.07) is 29.9. The SMILES string of the molecule is CC1=[C-]C(C)(C)c2cc3c(cc21)-c1cc2c(cc1C3)C(C)(C)C=C2C.Cl.Cl.Clc1c[c-]ccc1.Clc1c[c-]ccc1.[C-]1=CC=CC1.[CH2]=[Zr]. The summed E-state index contributed by atoms with van der Waals surface area (Å²) in [5.41, 5.74) is 14.5. The Morgan fingerprint density at radius 2 is 1.29 bits per heavy atom. The fourth-order valence-electron chi connectivity index (χ4n) is 6.36. The first-order chi connectivity index (χ1) is 22.0. The van der Waals surface area contributed by atoms with E-state index in [1.807, 2.05) is 48.6 Å². The molecule has 0 heterocycles. The van der Waals surface area contributed by atoms with Gasteiger partial charge < -0.3 is 0 Å². The minimum absolute atomic E-state index is 0. The molecule has 0 N–H and O–H groups in total. The summed E-state index contributed by atoms with van der Waals surface area (Å²) in [7, 11) is 0. The van der Waals surface area contributed by atoms with E-state index in [1.54, 1.807) is 12.1 Å². The van der Waals surface area contributed by atoms with E-state index in [2.05, 4.69) is 106 Å². The molecule has 0 saturated carbocycles. The molecular formula is C43H42Cl4Zr-4. The van der Waals surface area contributed by atoms with Crippen LogP contribution in [0.1, 0.15) is 81.3 Å². The van der Waals surface area contributed by atoms with E-state index >= 15 is 0 Å². The molecule has 250 valence electrons. The zero-order valence-electron chi connectivity index (χ0n) is 28.4. The van der Waals surface area contributed by atoms with Gasteiger partial charge in [0.1, 0.15) is 0 Å². The van der Waals surface area contributed by atoms with Crippen LogP contribution >= 0.6 is 48.0 Å². The molecular weight excluding hydrogens is 750 g/mol. The summed E-state index contributed by atoms with van der Waals surface area (Å²) in [6.07, 6.45) is 17.1. The average Bonchev–Trinajstić information content (AvgIpc) is 3.81. The van der Waals surface area contributed by atoms with Crippen molar-refractivity contribution in [2.45, 2.75) is 65.2 Å². The molecule has 4 aliphatic carbocycles. The quantitative estimate of drug-likeness (QED) is 0.137. The Kier molecular flexibility index (Phi) is 16.3. The normalized spacial score (nSPS) is 15.1. The van der Waals surface area contributed by atoms with E-state index in [0.717, 1.165) is 22.9 Å². The molecule has 0 fully saturated rings. The number of fused-ring (bicyclic) bond motifs is 5. The van der Waals surface area contributed by atoms with Gasteiger partial charge in [-0.05, 0) is 58.4 Å². The first-order valence-electron chi connectivity index (χ1n) is 15.4. The second-order valence-electron chi connectivity index (χ2n) is 12.7. The first kappa shape index (κ1) is 41.9. The molecule has 4 aromatic rings. The number of rotatable bonds is 0. The van der Waals surface area contributed by atoms with E-state index in [0.29, 0.717) is 0 Å². The minimum atomic E-state index is 0. The van der Waals surface area contributed by atoms with Crippen molar-refractivity contribution >= 4 is 63.4 Å². The van der Waals surface area contributed by atoms with Crippen LogP contribution in [0.5, 0.6) is 0 Å². The molecule has 4 aromatic carbocycles. The van der Waals surface area contributed by atoms with Crippen LogP contribution in [0.4, 0.5) is 0 Å². The molecule has 4 aliphatic rings. The standard InChI is InChI=1S/C25H25.2C6H4Cl.C5H5.CH2.2ClH.Zr/c1-14-12-24(3,4)22-8-16-7-17-9-23-19(15(2)13-25(23,5)6)11-21(17)20(16)10-18(14)22;2*7-6-4-2-1-3-5-6;1-2-4-5-3-1;;;;/h8-12H,7H2,1-6H3;2*1-2,4-5H;1-3H,4H2;1H2;2*1H;/q4*-1;;;;. The van der Waals surface area contributed by atoms with Crippen molar-refractivity contribution in [1.29, 1.82) is 0 Å². The van der Waals surface area contributed by atoms with Crippen molar-refractivity contribution in [3.63, 3.8) is 0 Å². The molecule has 0 nitrogen and oxygen atoms in total. The molecule has 0 atom stereocenters. The van der Waals surface area contributed by atoms with Gasteiger partial charge in [-0.2, -0.15) is 95.5 Å². The molecule has 0 bridgehead atoms. The third-order valence-corrected chi connectivity index (χ3v) is 8.83. The van der Waals surface area contributed by atoms with Crippen LogP contribution in [0, 0.1) is 24.3 Å². The second-order valence-corrected chi connectivity index (χ2v) is 13.5. The van der Waals surface area contributed by atoms with Gasteiger partial charge in [0.15, 0.2) is 0 Å². The summed E-state index contributed by atoms with van der Waals surface area (Å²) in [4.78, 5) is 0. The Balaban J connectivity index is 0.000000284. The van der Waals surface area contributed by atoms with Crippen molar-refractivity contribution in [3.05, 3.63) is 165 Å². The topological polar surface area (TPSA) is 0 Å². The average molecular weight is 792 g/mol. The number of hydrogen-bond donors (Lipinski definition) is 0. The summed E-state index contributed by atoms with van der Waals surface area (Å²) in [5.74, 6) is 0. The van der Waals surface area contributed by atoms with Gasteiger partial charge in [0.05, 0.1) is 0 Å². The molecule has 0 aliphatic heterocycles. The Morgan fingerprint density at radius 3 is 1.71 bits per heavy atom. The van der Waals surface area contributed by atoms with Gasteiger partial charge in [-0.25, -0.2) is 17.7 Å². The van der Waals surface area contributed by atoms with Crippen LogP contribution in [-0.4, -0.2) is 4.21 Å². The van der Waals surface area contributed by atoms with E-state index in [1.165, 1.54) is 79.9 Å². The van der Waals surface area contributed by atoms with Crippen molar-refractivity contribution in [2.24, 2.45) is 0 Å². The maximum absolute atomic E-state index is 5.51. The number of benzene rings is 4. The maximum atomic E-state index is 5.51. The molecule has 8 rings (SSSR count). The van der Waals surface area contributed by atoms with Gasteiger partial charge in [0, 0.05) is 5.41 Å². The third-order valence-electron chi connectivity index (χ3n) is 8.36. The summed E-state index contributed by atoms with van der Waals surface area (Å²) in [5, 5.41) is 1.48. The van der Waals surface area contributed by atoms with Gasteiger partial charge in [0.25, 0.3) is 0 Å². The molecule has 0 amide bonds. The predicted octanol–water partition coefficient (Wildman–Crippen LogP) is 12.8. The van der Waals surface area contributed by atoms with Crippen molar-refractivity contribution in [2.75, 3.05) is 0 Å². The second kappa shape index (κ2) is 18.7. The van der Waals surface area contributed by atoms with E-state index < -0.39 is 0 Å². The van der Waals surface area contributed by atoms with Gasteiger partial charge in [0.2, 0.25) is 0 Å². The first-order valence-corrected chi connectivity index (χ1v) is 17.9. The van der Waals surface area contributed by atoms with Crippen LogP contribution in [-0.2, 0) is 41.5 Å². The van der Waals surface area contributed by atoms with Gasteiger partial charge in [-0.15, -0.1) is 42.9 Å². The molecule has 0 aromatic heterocycles. The number of halogens is 4. The predicted molar refractivity (Wildman–Crippen MR) is 210 cm³/mol. The molecule has 0 saturated heterocycles. The van der Waals surface area contributed by atoms with Crippen LogP contribution in [0.25, 0.3) is 22.3 Å². The molecule has 0 spiro atoms. The van der Waals surface area contributed by atoms with Gasteiger partial charge in [-0.3, -0.25) is 12.2 Å².